The molecule has 3 unspecified atom stereocenters. The molecule has 3 aromatic rings. The number of nitrogens with zero attached hydrogens (tertiary/aromatic N) is 1. The summed E-state index contributed by atoms with van der Waals surface area (Å²) in [6, 6.07) is 17.5. The molecule has 1 aliphatic rings. The van der Waals surface area contributed by atoms with Gasteiger partial charge in [0.2, 0.25) is 0 Å². The fourth-order valence-electron chi connectivity index (χ4n) is 4.33. The quantitative estimate of drug-likeness (QED) is 0.536. The van der Waals surface area contributed by atoms with Crippen LogP contribution in [-0.4, -0.2) is 4.57 Å². The first-order valence-corrected chi connectivity index (χ1v) is 8.53. The summed E-state index contributed by atoms with van der Waals surface area (Å²) in [7, 11) is 0. The van der Waals surface area contributed by atoms with Crippen molar-refractivity contribution >= 4 is 21.8 Å². The second-order valence-electron chi connectivity index (χ2n) is 6.77. The highest BCUT2D eigenvalue weighted by Gasteiger charge is 2.31. The Morgan fingerprint density at radius 2 is 1.48 bits per heavy atom. The first-order chi connectivity index (χ1) is 11.3. The zero-order valence-corrected chi connectivity index (χ0v) is 13.5. The SMILES string of the molecule is C=CC1CC(C=C)C(Cn2c3ccccc3c3ccccc32)C1. The van der Waals surface area contributed by atoms with Gasteiger partial charge in [0.05, 0.1) is 0 Å². The summed E-state index contributed by atoms with van der Waals surface area (Å²) in [6.45, 7) is 9.14. The number of para-hydroxylation sites is 2. The molecule has 0 amide bonds. The van der Waals surface area contributed by atoms with Crippen LogP contribution < -0.4 is 0 Å². The van der Waals surface area contributed by atoms with E-state index in [4.69, 9.17) is 0 Å². The molecule has 0 radical (unpaired) electrons. The summed E-state index contributed by atoms with van der Waals surface area (Å²) in [4.78, 5) is 0. The smallest absolute Gasteiger partial charge is 0.0491 e. The van der Waals surface area contributed by atoms with Gasteiger partial charge in [-0.3, -0.25) is 0 Å². The van der Waals surface area contributed by atoms with Crippen molar-refractivity contribution in [3.8, 4) is 0 Å². The Morgan fingerprint density at radius 1 is 0.870 bits per heavy atom. The molecule has 1 nitrogen and oxygen atoms in total. The van der Waals surface area contributed by atoms with Gasteiger partial charge < -0.3 is 4.57 Å². The van der Waals surface area contributed by atoms with Crippen LogP contribution in [0.3, 0.4) is 0 Å². The number of fused-ring (bicyclic) bond motifs is 3. The normalized spacial score (nSPS) is 24.3. The van der Waals surface area contributed by atoms with E-state index in [1.165, 1.54) is 34.6 Å². The maximum Gasteiger partial charge on any atom is 0.0491 e. The highest BCUT2D eigenvalue weighted by molar-refractivity contribution is 6.07. The lowest BCUT2D eigenvalue weighted by atomic mass is 9.96. The van der Waals surface area contributed by atoms with E-state index in [1.54, 1.807) is 0 Å². The van der Waals surface area contributed by atoms with E-state index >= 15 is 0 Å². The molecule has 1 fully saturated rings. The van der Waals surface area contributed by atoms with Crippen LogP contribution in [-0.2, 0) is 6.54 Å². The van der Waals surface area contributed by atoms with Gasteiger partial charge in [0.1, 0.15) is 0 Å². The Kier molecular flexibility index (Phi) is 3.57. The average Bonchev–Trinajstić information content (AvgIpc) is 3.15. The van der Waals surface area contributed by atoms with E-state index < -0.39 is 0 Å². The molecule has 1 heterocycles. The molecule has 1 aliphatic carbocycles. The molecule has 0 N–H and O–H groups in total. The van der Waals surface area contributed by atoms with Crippen LogP contribution in [0.2, 0.25) is 0 Å². The summed E-state index contributed by atoms with van der Waals surface area (Å²) in [5, 5.41) is 2.72. The van der Waals surface area contributed by atoms with Crippen molar-refractivity contribution in [2.24, 2.45) is 17.8 Å². The van der Waals surface area contributed by atoms with Crippen LogP contribution >= 0.6 is 0 Å². The van der Waals surface area contributed by atoms with Crippen molar-refractivity contribution in [2.45, 2.75) is 19.4 Å². The topological polar surface area (TPSA) is 4.93 Å². The molecule has 23 heavy (non-hydrogen) atoms. The summed E-state index contributed by atoms with van der Waals surface area (Å²) >= 11 is 0. The third-order valence-corrected chi connectivity index (χ3v) is 5.52. The number of hydrogen-bond donors (Lipinski definition) is 0. The van der Waals surface area contributed by atoms with Crippen molar-refractivity contribution in [3.63, 3.8) is 0 Å². The Balaban J connectivity index is 1.81. The number of allylic oxidation sites excluding steroid dienone is 2. The van der Waals surface area contributed by atoms with Crippen molar-refractivity contribution < 1.29 is 0 Å². The second kappa shape index (κ2) is 5.73. The van der Waals surface area contributed by atoms with Crippen molar-refractivity contribution in [1.82, 2.24) is 4.57 Å². The second-order valence-corrected chi connectivity index (χ2v) is 6.77. The highest BCUT2D eigenvalue weighted by atomic mass is 15.0. The summed E-state index contributed by atoms with van der Waals surface area (Å²) in [6.07, 6.45) is 6.71. The van der Waals surface area contributed by atoms with Crippen LogP contribution in [0.15, 0.2) is 73.8 Å². The van der Waals surface area contributed by atoms with Crippen LogP contribution in [0.5, 0.6) is 0 Å². The standard InChI is InChI=1S/C22H23N/c1-3-16-13-17(4-2)18(14-16)15-23-21-11-7-5-9-19(21)20-10-6-8-12-22(20)23/h3-12,16-18H,1-2,13-15H2. The van der Waals surface area contributed by atoms with Crippen molar-refractivity contribution in [1.29, 1.82) is 0 Å². The van der Waals surface area contributed by atoms with E-state index in [0.717, 1.165) is 6.54 Å². The third-order valence-electron chi connectivity index (χ3n) is 5.52. The van der Waals surface area contributed by atoms with E-state index in [1.807, 2.05) is 0 Å². The van der Waals surface area contributed by atoms with Gasteiger partial charge in [-0.25, -0.2) is 0 Å². The molecular formula is C22H23N. The van der Waals surface area contributed by atoms with Crippen molar-refractivity contribution in [2.75, 3.05) is 0 Å². The maximum absolute atomic E-state index is 4.07. The number of hydrogen-bond acceptors (Lipinski definition) is 0. The lowest BCUT2D eigenvalue weighted by Crippen LogP contribution is -2.13. The lowest BCUT2D eigenvalue weighted by Gasteiger charge is -2.18. The minimum atomic E-state index is 0.595. The van der Waals surface area contributed by atoms with E-state index in [2.05, 4.69) is 78.4 Å². The lowest BCUT2D eigenvalue weighted by molar-refractivity contribution is 0.402. The van der Waals surface area contributed by atoms with Gasteiger partial charge in [-0.15, -0.1) is 13.2 Å². The van der Waals surface area contributed by atoms with Crippen LogP contribution in [0.4, 0.5) is 0 Å². The number of benzene rings is 2. The zero-order valence-electron chi connectivity index (χ0n) is 13.5. The predicted molar refractivity (Wildman–Crippen MR) is 99.5 cm³/mol. The van der Waals surface area contributed by atoms with E-state index in [0.29, 0.717) is 17.8 Å². The zero-order chi connectivity index (χ0) is 15.8. The molecule has 0 saturated heterocycles. The van der Waals surface area contributed by atoms with Gasteiger partial charge in [-0.05, 0) is 42.7 Å². The molecule has 0 spiro atoms. The average molecular weight is 301 g/mol. The third kappa shape index (κ3) is 2.31. The molecule has 2 aromatic carbocycles. The fraction of sp³-hybridized carbons (Fsp3) is 0.273. The Hall–Kier alpha value is -2.28. The first-order valence-electron chi connectivity index (χ1n) is 8.53. The Morgan fingerprint density at radius 3 is 2.04 bits per heavy atom. The molecule has 4 rings (SSSR count). The van der Waals surface area contributed by atoms with Crippen LogP contribution in [0.25, 0.3) is 21.8 Å². The van der Waals surface area contributed by atoms with Gasteiger partial charge in [0.25, 0.3) is 0 Å². The molecule has 0 aliphatic heterocycles. The maximum atomic E-state index is 4.07. The highest BCUT2D eigenvalue weighted by Crippen LogP contribution is 2.40. The molecule has 1 heteroatoms. The Labute approximate surface area is 137 Å². The van der Waals surface area contributed by atoms with E-state index in [9.17, 15) is 0 Å². The van der Waals surface area contributed by atoms with Gasteiger partial charge in [0.15, 0.2) is 0 Å². The summed E-state index contributed by atoms with van der Waals surface area (Å²) < 4.78 is 2.51. The number of aromatic nitrogens is 1. The largest absolute Gasteiger partial charge is 0.340 e. The summed E-state index contributed by atoms with van der Waals surface area (Å²) in [5.74, 6) is 1.88. The van der Waals surface area contributed by atoms with Gasteiger partial charge in [-0.1, -0.05) is 48.6 Å². The summed E-state index contributed by atoms with van der Waals surface area (Å²) in [5.41, 5.74) is 2.69. The Bertz CT molecular complexity index is 817. The minimum absolute atomic E-state index is 0.595. The first kappa shape index (κ1) is 14.3. The van der Waals surface area contributed by atoms with Crippen molar-refractivity contribution in [3.05, 3.63) is 73.8 Å². The van der Waals surface area contributed by atoms with Gasteiger partial charge in [-0.2, -0.15) is 0 Å². The number of rotatable bonds is 4. The molecule has 1 aromatic heterocycles. The predicted octanol–water partition coefficient (Wildman–Crippen LogP) is 5.81. The fourth-order valence-corrected chi connectivity index (χ4v) is 4.33. The molecule has 0 bridgehead atoms. The van der Waals surface area contributed by atoms with Gasteiger partial charge >= 0.3 is 0 Å². The van der Waals surface area contributed by atoms with E-state index in [-0.39, 0.29) is 0 Å². The molecule has 3 atom stereocenters. The molecule has 1 saturated carbocycles. The molecular weight excluding hydrogens is 278 g/mol. The minimum Gasteiger partial charge on any atom is -0.340 e. The van der Waals surface area contributed by atoms with Crippen LogP contribution in [0.1, 0.15) is 12.8 Å². The molecule has 116 valence electrons. The van der Waals surface area contributed by atoms with Crippen LogP contribution in [0, 0.1) is 17.8 Å². The van der Waals surface area contributed by atoms with Gasteiger partial charge in [0, 0.05) is 28.4 Å². The monoisotopic (exact) mass is 301 g/mol.